The Balaban J connectivity index is 2.00. The number of halogens is 1. The number of rotatable bonds is 2. The summed E-state index contributed by atoms with van der Waals surface area (Å²) in [6.07, 6.45) is 2.90. The van der Waals surface area contributed by atoms with Crippen molar-refractivity contribution in [3.8, 4) is 0 Å². The molecule has 0 saturated carbocycles. The van der Waals surface area contributed by atoms with E-state index >= 15 is 0 Å². The van der Waals surface area contributed by atoms with Gasteiger partial charge < -0.3 is 4.90 Å². The molecule has 0 spiro atoms. The van der Waals surface area contributed by atoms with Crippen LogP contribution in [0.15, 0.2) is 15.9 Å². The van der Waals surface area contributed by atoms with Crippen LogP contribution in [0.3, 0.4) is 0 Å². The van der Waals surface area contributed by atoms with Crippen LogP contribution in [0.2, 0.25) is 0 Å². The second kappa shape index (κ2) is 5.32. The summed E-state index contributed by atoms with van der Waals surface area (Å²) in [5.41, 5.74) is 0. The predicted octanol–water partition coefficient (Wildman–Crippen LogP) is 3.66. The number of thiophene rings is 1. The van der Waals surface area contributed by atoms with Crippen molar-refractivity contribution in [3.63, 3.8) is 0 Å². The van der Waals surface area contributed by atoms with E-state index in [2.05, 4.69) is 34.3 Å². The molecule has 2 rings (SSSR count). The quantitative estimate of drug-likeness (QED) is 0.816. The molecule has 1 amide bonds. The van der Waals surface area contributed by atoms with E-state index in [1.165, 1.54) is 4.88 Å². The summed E-state index contributed by atoms with van der Waals surface area (Å²) in [7, 11) is 0. The smallest absolute Gasteiger partial charge is 0.222 e. The van der Waals surface area contributed by atoms with Crippen LogP contribution in [0.25, 0.3) is 0 Å². The fourth-order valence-corrected chi connectivity index (χ4v) is 3.43. The number of likely N-dealkylation sites (tertiary alicyclic amines) is 1. The first-order valence-corrected chi connectivity index (χ1v) is 7.33. The highest BCUT2D eigenvalue weighted by Crippen LogP contribution is 2.24. The van der Waals surface area contributed by atoms with Gasteiger partial charge in [0.15, 0.2) is 0 Å². The Morgan fingerprint density at radius 1 is 1.56 bits per heavy atom. The van der Waals surface area contributed by atoms with Crippen molar-refractivity contribution in [2.75, 3.05) is 6.54 Å². The molecule has 0 bridgehead atoms. The van der Waals surface area contributed by atoms with Gasteiger partial charge in [0.2, 0.25) is 5.91 Å². The average molecular weight is 302 g/mol. The Kier molecular flexibility index (Phi) is 4.03. The summed E-state index contributed by atoms with van der Waals surface area (Å²) in [4.78, 5) is 15.2. The van der Waals surface area contributed by atoms with Gasteiger partial charge in [-0.3, -0.25) is 4.79 Å². The number of hydrogen-bond acceptors (Lipinski definition) is 2. The zero-order valence-corrected chi connectivity index (χ0v) is 11.8. The van der Waals surface area contributed by atoms with Crippen molar-refractivity contribution in [2.24, 2.45) is 5.92 Å². The molecule has 0 N–H and O–H groups in total. The summed E-state index contributed by atoms with van der Waals surface area (Å²) in [5.74, 6) is 0.998. The Hall–Kier alpha value is -0.350. The molecule has 1 fully saturated rings. The summed E-state index contributed by atoms with van der Waals surface area (Å²) < 4.78 is 1.11. The number of amides is 1. The van der Waals surface area contributed by atoms with E-state index in [1.54, 1.807) is 11.3 Å². The van der Waals surface area contributed by atoms with E-state index in [1.807, 2.05) is 4.90 Å². The highest BCUT2D eigenvalue weighted by molar-refractivity contribution is 9.10. The van der Waals surface area contributed by atoms with E-state index in [0.29, 0.717) is 18.2 Å². The molecule has 1 aliphatic rings. The van der Waals surface area contributed by atoms with Crippen LogP contribution in [0.5, 0.6) is 0 Å². The van der Waals surface area contributed by atoms with Gasteiger partial charge in [0, 0.05) is 27.7 Å². The third kappa shape index (κ3) is 3.08. The van der Waals surface area contributed by atoms with Crippen LogP contribution < -0.4 is 0 Å². The SMILES string of the molecule is CC1CCC(=O)N(Cc2cc(Br)cs2)CC1. The minimum Gasteiger partial charge on any atom is -0.338 e. The fraction of sp³-hybridized carbons (Fsp3) is 0.583. The van der Waals surface area contributed by atoms with Crippen LogP contribution in [-0.4, -0.2) is 17.4 Å². The summed E-state index contributed by atoms with van der Waals surface area (Å²) in [6.45, 7) is 3.93. The number of carbonyl (C=O) groups excluding carboxylic acids is 1. The maximum atomic E-state index is 11.9. The molecule has 1 atom stereocenters. The third-order valence-electron chi connectivity index (χ3n) is 3.06. The van der Waals surface area contributed by atoms with Crippen molar-refractivity contribution in [3.05, 3.63) is 20.8 Å². The van der Waals surface area contributed by atoms with Crippen LogP contribution in [0.4, 0.5) is 0 Å². The van der Waals surface area contributed by atoms with Crippen LogP contribution in [0.1, 0.15) is 31.1 Å². The van der Waals surface area contributed by atoms with Crippen LogP contribution in [-0.2, 0) is 11.3 Å². The monoisotopic (exact) mass is 301 g/mol. The molecule has 1 aromatic rings. The van der Waals surface area contributed by atoms with Crippen LogP contribution in [0, 0.1) is 5.92 Å². The molecule has 1 aliphatic heterocycles. The second-order valence-electron chi connectivity index (χ2n) is 4.48. The first-order valence-electron chi connectivity index (χ1n) is 5.66. The Bertz CT molecular complexity index is 377. The molecule has 2 heterocycles. The maximum absolute atomic E-state index is 11.9. The molecule has 1 unspecified atom stereocenters. The molecular formula is C12H16BrNOS. The molecule has 1 saturated heterocycles. The minimum absolute atomic E-state index is 0.314. The zero-order chi connectivity index (χ0) is 11.5. The molecule has 0 aromatic carbocycles. The summed E-state index contributed by atoms with van der Waals surface area (Å²) in [5, 5.41) is 2.07. The first-order chi connectivity index (χ1) is 7.65. The molecule has 16 heavy (non-hydrogen) atoms. The van der Waals surface area contributed by atoms with Crippen molar-refractivity contribution in [2.45, 2.75) is 32.7 Å². The zero-order valence-electron chi connectivity index (χ0n) is 9.41. The maximum Gasteiger partial charge on any atom is 0.222 e. The molecule has 0 radical (unpaired) electrons. The number of nitrogens with zero attached hydrogens (tertiary/aromatic N) is 1. The van der Waals surface area contributed by atoms with E-state index in [4.69, 9.17) is 0 Å². The lowest BCUT2D eigenvalue weighted by molar-refractivity contribution is -0.131. The van der Waals surface area contributed by atoms with E-state index in [-0.39, 0.29) is 0 Å². The first kappa shape index (κ1) is 12.1. The lowest BCUT2D eigenvalue weighted by Crippen LogP contribution is -2.29. The third-order valence-corrected chi connectivity index (χ3v) is 4.75. The van der Waals surface area contributed by atoms with Gasteiger partial charge >= 0.3 is 0 Å². The largest absolute Gasteiger partial charge is 0.338 e. The normalized spacial score (nSPS) is 22.2. The molecule has 2 nitrogen and oxygen atoms in total. The standard InChI is InChI=1S/C12H16BrNOS/c1-9-2-3-12(15)14(5-4-9)7-11-6-10(13)8-16-11/h6,8-9H,2-5,7H2,1H3. The Morgan fingerprint density at radius 2 is 2.38 bits per heavy atom. The summed E-state index contributed by atoms with van der Waals surface area (Å²) >= 11 is 5.16. The molecule has 4 heteroatoms. The van der Waals surface area contributed by atoms with Crippen molar-refractivity contribution in [1.29, 1.82) is 0 Å². The van der Waals surface area contributed by atoms with Crippen molar-refractivity contribution < 1.29 is 4.79 Å². The molecule has 1 aromatic heterocycles. The van der Waals surface area contributed by atoms with Gasteiger partial charge in [-0.05, 0) is 40.8 Å². The Labute approximate surface area is 109 Å². The van der Waals surface area contributed by atoms with Gasteiger partial charge in [-0.1, -0.05) is 6.92 Å². The van der Waals surface area contributed by atoms with E-state index in [0.717, 1.165) is 30.4 Å². The van der Waals surface area contributed by atoms with Gasteiger partial charge in [0.1, 0.15) is 0 Å². The van der Waals surface area contributed by atoms with E-state index < -0.39 is 0 Å². The minimum atomic E-state index is 0.314. The van der Waals surface area contributed by atoms with Gasteiger partial charge in [-0.25, -0.2) is 0 Å². The van der Waals surface area contributed by atoms with E-state index in [9.17, 15) is 4.79 Å². The van der Waals surface area contributed by atoms with Gasteiger partial charge in [0.05, 0.1) is 6.54 Å². The molecule has 0 aliphatic carbocycles. The lowest BCUT2D eigenvalue weighted by Gasteiger charge is -2.19. The predicted molar refractivity (Wildman–Crippen MR) is 70.5 cm³/mol. The van der Waals surface area contributed by atoms with Crippen molar-refractivity contribution >= 4 is 33.2 Å². The number of carbonyl (C=O) groups is 1. The average Bonchev–Trinajstić information content (AvgIpc) is 2.59. The number of hydrogen-bond donors (Lipinski definition) is 0. The fourth-order valence-electron chi connectivity index (χ4n) is 1.97. The second-order valence-corrected chi connectivity index (χ2v) is 6.39. The highest BCUT2D eigenvalue weighted by Gasteiger charge is 2.20. The topological polar surface area (TPSA) is 20.3 Å². The van der Waals surface area contributed by atoms with Gasteiger partial charge in [-0.2, -0.15) is 0 Å². The summed E-state index contributed by atoms with van der Waals surface area (Å²) in [6, 6.07) is 2.10. The van der Waals surface area contributed by atoms with Gasteiger partial charge in [-0.15, -0.1) is 11.3 Å². The lowest BCUT2D eigenvalue weighted by atomic mass is 10.0. The van der Waals surface area contributed by atoms with Crippen molar-refractivity contribution in [1.82, 2.24) is 4.90 Å². The van der Waals surface area contributed by atoms with Crippen LogP contribution >= 0.6 is 27.3 Å². The molecule has 88 valence electrons. The van der Waals surface area contributed by atoms with Gasteiger partial charge in [0.25, 0.3) is 0 Å². The highest BCUT2D eigenvalue weighted by atomic mass is 79.9. The molecular weight excluding hydrogens is 286 g/mol. The Morgan fingerprint density at radius 3 is 3.06 bits per heavy atom.